The van der Waals surface area contributed by atoms with Crippen LogP contribution < -0.4 is 0 Å². The van der Waals surface area contributed by atoms with Gasteiger partial charge in [0.2, 0.25) is 0 Å². The van der Waals surface area contributed by atoms with E-state index in [1.807, 2.05) is 25.7 Å². The Morgan fingerprint density at radius 3 is 0.566 bits per heavy atom. The summed E-state index contributed by atoms with van der Waals surface area (Å²) in [6.07, 6.45) is 7.42. The molecule has 0 aromatic rings. The highest BCUT2D eigenvalue weighted by Crippen LogP contribution is 3.73. The van der Waals surface area contributed by atoms with E-state index in [4.69, 9.17) is 0 Å². The number of fused-ring (bicyclic) bond motifs is 16. The molecular formula is C49H40P4. The zero-order valence-electron chi connectivity index (χ0n) is 29.7. The van der Waals surface area contributed by atoms with Crippen molar-refractivity contribution in [3.63, 3.8) is 0 Å². The van der Waals surface area contributed by atoms with Gasteiger partial charge in [0.15, 0.2) is 0 Å². The Kier molecular flexibility index (Phi) is 1.30. The molecule has 0 heterocycles. The molecule has 28 unspecified atom stereocenters. The van der Waals surface area contributed by atoms with Gasteiger partial charge in [0.1, 0.15) is 0 Å². The van der Waals surface area contributed by atoms with Crippen LogP contribution in [0.2, 0.25) is 0 Å². The molecule has 0 bridgehead atoms. The van der Waals surface area contributed by atoms with Gasteiger partial charge in [0.05, 0.1) is 0 Å². The molecule has 36 aliphatic carbocycles. The Balaban J connectivity index is 0.000000535. The van der Waals surface area contributed by atoms with Crippen LogP contribution in [0.3, 0.4) is 0 Å². The smallest absolute Gasteiger partial charge is 0.0000498 e. The van der Waals surface area contributed by atoms with Crippen molar-refractivity contribution in [3.05, 3.63) is 0 Å². The predicted octanol–water partition coefficient (Wildman–Crippen LogP) is 4.25. The number of rotatable bonds is 0. The topological polar surface area (TPSA) is 0 Å². The number of hydrogen-bond acceptors (Lipinski definition) is 0. The highest BCUT2D eigenvalue weighted by atomic mass is 31.0. The first-order chi connectivity index (χ1) is 24.4. The largest absolute Gasteiger partial charge is 0.153 e. The molecule has 36 rings (SSSR count). The lowest BCUT2D eigenvalue weighted by atomic mass is 8.32. The molecule has 0 aromatic carbocycles. The molecule has 28 atom stereocenters. The Hall–Kier alpha value is 1.72. The van der Waals surface area contributed by atoms with Crippen LogP contribution in [0.4, 0.5) is 0 Å². The van der Waals surface area contributed by atoms with E-state index in [1.165, 1.54) is 118 Å². The van der Waals surface area contributed by atoms with Gasteiger partial charge in [-0.05, 0) is 279 Å². The standard InChI is InChI=1S/C49H28.4H3P/c1-5-13-21-15-7-2-9-17-23-19-11-4-12-20-24-18-10-3-8-16-22-14-6(1)25(5)29(13)37(21)31(15)26(7,9)33(17)39(23)35(19)28(11,12)36(20)40(24)34(18)27(8,10)32(16)38(22)30(14,25)41(29)45(37)42(31,33)47(39)44(35,36)48(40)43(32,34)46(38,41)49(45,47)48;;;;/h5-24H,1-4H2;4*1H3. The summed E-state index contributed by atoms with van der Waals surface area (Å²) in [7, 11) is 0. The van der Waals surface area contributed by atoms with Gasteiger partial charge in [-0.3, -0.25) is 0 Å². The maximum absolute atomic E-state index is 1.86. The zero-order chi connectivity index (χ0) is 26.9. The van der Waals surface area contributed by atoms with Gasteiger partial charge in [0.25, 0.3) is 0 Å². The van der Waals surface area contributed by atoms with E-state index in [0.29, 0.717) is 0 Å². The van der Waals surface area contributed by atoms with Gasteiger partial charge in [-0.1, -0.05) is 0 Å². The second-order valence-electron chi connectivity index (χ2n) is 32.0. The first kappa shape index (κ1) is 21.5. The Labute approximate surface area is 317 Å². The highest BCUT2D eigenvalue weighted by Gasteiger charge is 3.72. The molecule has 0 saturated heterocycles. The summed E-state index contributed by atoms with van der Waals surface area (Å²) in [6.45, 7) is 0. The minimum absolute atomic E-state index is 0. The summed E-state index contributed by atoms with van der Waals surface area (Å²) >= 11 is 0. The van der Waals surface area contributed by atoms with Gasteiger partial charge in [0, 0.05) is 0 Å². The van der Waals surface area contributed by atoms with Gasteiger partial charge in [-0.25, -0.2) is 0 Å². The molecule has 36 saturated carbocycles. The monoisotopic (exact) mass is 752 g/mol. The van der Waals surface area contributed by atoms with Crippen LogP contribution in [0.5, 0.6) is 0 Å². The molecule has 36 aliphatic rings. The van der Waals surface area contributed by atoms with E-state index in [9.17, 15) is 0 Å². The predicted molar refractivity (Wildman–Crippen MR) is 194 cm³/mol. The maximum Gasteiger partial charge on any atom is -0.0000498 e. The SMILES string of the molecule is C1C2C3C4C5C6CC7C8C9C%10C%11CC%12C%13C%14C%15C%16CC%17C%18C%19C%20C1C21C32C43C54C67C85C96C%107C%11%12C%138C%149C%15%10C%17%16C%18%11C%19%12C%201C21C32C45C63C78C94C%11%10C%121C234.P.P.P.P. The molecule has 25 spiro atoms. The van der Waals surface area contributed by atoms with Crippen LogP contribution in [-0.4, -0.2) is 0 Å². The molecule has 0 aliphatic heterocycles. The summed E-state index contributed by atoms with van der Waals surface area (Å²) in [5.41, 5.74) is 28.5. The highest BCUT2D eigenvalue weighted by molar-refractivity contribution is 6.92. The van der Waals surface area contributed by atoms with Crippen molar-refractivity contribution in [3.8, 4) is 0 Å². The third kappa shape index (κ3) is 0.455. The molecule has 0 nitrogen and oxygen atoms in total. The maximum atomic E-state index is 1.86. The van der Waals surface area contributed by atoms with Gasteiger partial charge in [-0.15, -0.1) is 0 Å². The minimum Gasteiger partial charge on any atom is -0.153 e. The Bertz CT molecular complexity index is 2700. The van der Waals surface area contributed by atoms with Crippen LogP contribution in [0.15, 0.2) is 0 Å². The van der Waals surface area contributed by atoms with E-state index >= 15 is 0 Å². The molecule has 0 amide bonds. The summed E-state index contributed by atoms with van der Waals surface area (Å²) < 4.78 is 0. The van der Waals surface area contributed by atoms with Gasteiger partial charge >= 0.3 is 0 Å². The minimum atomic E-state index is 0. The van der Waals surface area contributed by atoms with E-state index in [-0.39, 0.29) is 39.6 Å². The average molecular weight is 753 g/mol. The Morgan fingerprint density at radius 1 is 0.189 bits per heavy atom. The van der Waals surface area contributed by atoms with Gasteiger partial charge in [-0.2, -0.15) is 39.6 Å². The quantitative estimate of drug-likeness (QED) is 0.325. The van der Waals surface area contributed by atoms with E-state index in [2.05, 4.69) is 0 Å². The Morgan fingerprint density at radius 2 is 0.377 bits per heavy atom. The molecular weight excluding hydrogens is 712 g/mol. The lowest BCUT2D eigenvalue weighted by Crippen LogP contribution is -3.69. The number of hydrogen-bond donors (Lipinski definition) is 0. The third-order valence-corrected chi connectivity index (χ3v) is 43.3. The van der Waals surface area contributed by atoms with Crippen molar-refractivity contribution >= 4 is 39.6 Å². The van der Waals surface area contributed by atoms with Crippen molar-refractivity contribution in [2.45, 2.75) is 25.7 Å². The fourth-order valence-electron chi connectivity index (χ4n) is 55.7. The summed E-state index contributed by atoms with van der Waals surface area (Å²) in [6, 6.07) is 0. The second-order valence-corrected chi connectivity index (χ2v) is 32.0. The summed E-state index contributed by atoms with van der Waals surface area (Å²) in [5, 5.41) is 0. The zero-order valence-corrected chi connectivity index (χ0v) is 35.4. The van der Waals surface area contributed by atoms with Crippen molar-refractivity contribution in [1.82, 2.24) is 0 Å². The van der Waals surface area contributed by atoms with Crippen molar-refractivity contribution in [2.75, 3.05) is 0 Å². The molecule has 0 radical (unpaired) electrons. The van der Waals surface area contributed by atoms with Crippen LogP contribution >= 0.6 is 39.6 Å². The summed E-state index contributed by atoms with van der Waals surface area (Å²) in [5.74, 6) is 28.0. The van der Waals surface area contributed by atoms with Crippen LogP contribution in [0.25, 0.3) is 0 Å². The lowest BCUT2D eigenvalue weighted by molar-refractivity contribution is -1.26. The normalized spacial score (nSPS) is 133. The van der Waals surface area contributed by atoms with Crippen LogP contribution in [0, 0.1) is 254 Å². The molecule has 53 heavy (non-hydrogen) atoms. The van der Waals surface area contributed by atoms with E-state index in [0.717, 1.165) is 135 Å². The molecule has 36 fully saturated rings. The van der Waals surface area contributed by atoms with E-state index in [1.54, 1.807) is 0 Å². The summed E-state index contributed by atoms with van der Waals surface area (Å²) in [4.78, 5) is 0. The molecule has 0 aromatic heterocycles. The lowest BCUT2D eigenvalue weighted by Gasteiger charge is -3.70. The van der Waals surface area contributed by atoms with Crippen molar-refractivity contribution in [2.24, 2.45) is 254 Å². The van der Waals surface area contributed by atoms with Gasteiger partial charge < -0.3 is 0 Å². The second kappa shape index (κ2) is 3.21. The fraction of sp³-hybridized carbons (Fsp3) is 1.00. The average Bonchev–Trinajstić information content (AvgIpc) is 2.95. The fourth-order valence-corrected chi connectivity index (χ4v) is 55.7. The molecule has 0 N–H and O–H groups in total. The molecule has 4 heteroatoms. The first-order valence-electron chi connectivity index (χ1n) is 24.4. The van der Waals surface area contributed by atoms with Crippen LogP contribution in [0.1, 0.15) is 25.7 Å². The van der Waals surface area contributed by atoms with Crippen molar-refractivity contribution < 1.29 is 0 Å². The third-order valence-electron chi connectivity index (χ3n) is 43.3. The van der Waals surface area contributed by atoms with E-state index < -0.39 is 0 Å². The van der Waals surface area contributed by atoms with Crippen LogP contribution in [-0.2, 0) is 0 Å². The first-order valence-corrected chi connectivity index (χ1v) is 24.4. The molecule has 256 valence electrons. The van der Waals surface area contributed by atoms with Crippen molar-refractivity contribution in [1.29, 1.82) is 0 Å².